The Morgan fingerprint density at radius 2 is 1.70 bits per heavy atom. The highest BCUT2D eigenvalue weighted by Gasteiger charge is 2.87. The van der Waals surface area contributed by atoms with Gasteiger partial charge in [-0.05, 0) is 30.9 Å². The minimum absolute atomic E-state index is 0.0275. The number of carbonyl (C=O) groups is 3. The van der Waals surface area contributed by atoms with Crippen LogP contribution in [0.15, 0.2) is 23.3 Å². The van der Waals surface area contributed by atoms with Gasteiger partial charge in [-0.1, -0.05) is 46.8 Å². The SMILES string of the molecule is CCCC(=O)O[C@@H]1[C@@H](C)[C@@]2(O)[C@@H](C=C(COC)C[C@]3(O)C(=O)C(C)=C[C@@H]23)C2C(C)(C)[C@@]21OC(=O)CCC. The first-order valence-corrected chi connectivity index (χ1v) is 13.5. The van der Waals surface area contributed by atoms with Crippen molar-refractivity contribution >= 4 is 17.7 Å². The molecule has 0 aromatic rings. The third kappa shape index (κ3) is 3.77. The van der Waals surface area contributed by atoms with Gasteiger partial charge < -0.3 is 24.4 Å². The van der Waals surface area contributed by atoms with Crippen LogP contribution in [-0.2, 0) is 28.6 Å². The molecule has 4 aliphatic rings. The van der Waals surface area contributed by atoms with Crippen molar-refractivity contribution in [2.45, 2.75) is 96.6 Å². The molecular weight excluding hydrogens is 476 g/mol. The van der Waals surface area contributed by atoms with Gasteiger partial charge in [-0.25, -0.2) is 0 Å². The van der Waals surface area contributed by atoms with Gasteiger partial charge in [-0.3, -0.25) is 14.4 Å². The average Bonchev–Trinajstić information content (AvgIpc) is 3.23. The number of ketones is 1. The van der Waals surface area contributed by atoms with E-state index in [-0.39, 0.29) is 31.8 Å². The Kier molecular flexibility index (Phi) is 7.04. The molecule has 206 valence electrons. The lowest BCUT2D eigenvalue weighted by atomic mass is 9.59. The van der Waals surface area contributed by atoms with Gasteiger partial charge in [0.25, 0.3) is 0 Å². The van der Waals surface area contributed by atoms with E-state index in [4.69, 9.17) is 14.2 Å². The zero-order valence-corrected chi connectivity index (χ0v) is 23.1. The number of hydrogen-bond acceptors (Lipinski definition) is 8. The van der Waals surface area contributed by atoms with E-state index in [0.717, 1.165) is 0 Å². The second-order valence-electron chi connectivity index (χ2n) is 12.1. The van der Waals surface area contributed by atoms with Crippen LogP contribution in [0.4, 0.5) is 0 Å². The van der Waals surface area contributed by atoms with Crippen LogP contribution < -0.4 is 0 Å². The van der Waals surface area contributed by atoms with Crippen LogP contribution in [0.2, 0.25) is 0 Å². The summed E-state index contributed by atoms with van der Waals surface area (Å²) >= 11 is 0. The van der Waals surface area contributed by atoms with Crippen LogP contribution in [-0.4, -0.2) is 64.6 Å². The summed E-state index contributed by atoms with van der Waals surface area (Å²) in [4.78, 5) is 39.1. The van der Waals surface area contributed by atoms with Crippen LogP contribution in [0.3, 0.4) is 0 Å². The Morgan fingerprint density at radius 3 is 2.30 bits per heavy atom. The molecule has 4 aliphatic carbocycles. The van der Waals surface area contributed by atoms with E-state index in [2.05, 4.69) is 0 Å². The third-order valence-corrected chi connectivity index (χ3v) is 9.53. The summed E-state index contributed by atoms with van der Waals surface area (Å²) in [6.45, 7) is 11.3. The number of aliphatic hydroxyl groups is 2. The van der Waals surface area contributed by atoms with Crippen LogP contribution in [0.5, 0.6) is 0 Å². The van der Waals surface area contributed by atoms with Gasteiger partial charge in [0.05, 0.1) is 12.2 Å². The lowest BCUT2D eigenvalue weighted by molar-refractivity contribution is -0.229. The molecule has 0 bridgehead atoms. The summed E-state index contributed by atoms with van der Waals surface area (Å²) < 4.78 is 17.7. The largest absolute Gasteiger partial charge is 0.458 e. The van der Waals surface area contributed by atoms with E-state index < -0.39 is 63.7 Å². The Balaban J connectivity index is 1.92. The summed E-state index contributed by atoms with van der Waals surface area (Å²) in [6, 6.07) is 0. The molecular formula is C29H42O8. The van der Waals surface area contributed by atoms with Crippen molar-refractivity contribution in [3.63, 3.8) is 0 Å². The van der Waals surface area contributed by atoms with E-state index in [9.17, 15) is 24.6 Å². The molecule has 0 aromatic carbocycles. The number of hydrogen-bond donors (Lipinski definition) is 2. The predicted octanol–water partition coefficient (Wildman–Crippen LogP) is 3.29. The maximum absolute atomic E-state index is 13.3. The molecule has 0 radical (unpaired) electrons. The van der Waals surface area contributed by atoms with Gasteiger partial charge in [0.2, 0.25) is 0 Å². The molecule has 4 rings (SSSR count). The lowest BCUT2D eigenvalue weighted by Crippen LogP contribution is -2.66. The smallest absolute Gasteiger partial charge is 0.306 e. The van der Waals surface area contributed by atoms with Crippen LogP contribution >= 0.6 is 0 Å². The van der Waals surface area contributed by atoms with Crippen molar-refractivity contribution in [3.05, 3.63) is 23.3 Å². The summed E-state index contributed by atoms with van der Waals surface area (Å²) in [5.41, 5.74) is -4.17. The van der Waals surface area contributed by atoms with Crippen molar-refractivity contribution in [2.24, 2.45) is 29.1 Å². The number of fused-ring (bicyclic) bond motifs is 5. The molecule has 0 spiro atoms. The Morgan fingerprint density at radius 1 is 1.08 bits per heavy atom. The monoisotopic (exact) mass is 518 g/mol. The fraction of sp³-hybridized carbons (Fsp3) is 0.759. The maximum Gasteiger partial charge on any atom is 0.306 e. The zero-order valence-electron chi connectivity index (χ0n) is 23.1. The molecule has 8 nitrogen and oxygen atoms in total. The van der Waals surface area contributed by atoms with Crippen molar-refractivity contribution < 1.29 is 38.8 Å². The second kappa shape index (κ2) is 9.31. The van der Waals surface area contributed by atoms with Gasteiger partial charge in [-0.15, -0.1) is 0 Å². The third-order valence-electron chi connectivity index (χ3n) is 9.53. The maximum atomic E-state index is 13.3. The highest BCUT2D eigenvalue weighted by atomic mass is 16.6. The predicted molar refractivity (Wildman–Crippen MR) is 135 cm³/mol. The number of rotatable bonds is 8. The fourth-order valence-corrected chi connectivity index (χ4v) is 7.85. The summed E-state index contributed by atoms with van der Waals surface area (Å²) in [7, 11) is 1.55. The quantitative estimate of drug-likeness (QED) is 0.371. The fourth-order valence-electron chi connectivity index (χ4n) is 7.85. The topological polar surface area (TPSA) is 119 Å². The minimum atomic E-state index is -1.85. The molecule has 2 N–H and O–H groups in total. The second-order valence-corrected chi connectivity index (χ2v) is 12.1. The molecule has 0 saturated heterocycles. The lowest BCUT2D eigenvalue weighted by Gasteiger charge is -2.53. The van der Waals surface area contributed by atoms with Crippen molar-refractivity contribution in [2.75, 3.05) is 13.7 Å². The van der Waals surface area contributed by atoms with Crippen LogP contribution in [0, 0.1) is 29.1 Å². The highest BCUT2D eigenvalue weighted by Crippen LogP contribution is 2.77. The number of ether oxygens (including phenoxy) is 3. The zero-order chi connectivity index (χ0) is 27.6. The van der Waals surface area contributed by atoms with E-state index in [1.807, 2.05) is 33.8 Å². The van der Waals surface area contributed by atoms with Gasteiger partial charge in [0, 0.05) is 55.5 Å². The normalized spacial score (nSPS) is 41.4. The van der Waals surface area contributed by atoms with E-state index >= 15 is 0 Å². The first kappa shape index (κ1) is 28.0. The van der Waals surface area contributed by atoms with Gasteiger partial charge in [0.15, 0.2) is 11.4 Å². The average molecular weight is 519 g/mol. The summed E-state index contributed by atoms with van der Waals surface area (Å²) in [5, 5.41) is 24.6. The molecule has 1 unspecified atom stereocenters. The Bertz CT molecular complexity index is 1040. The molecule has 2 saturated carbocycles. The van der Waals surface area contributed by atoms with Crippen LogP contribution in [0.25, 0.3) is 0 Å². The minimum Gasteiger partial charge on any atom is -0.458 e. The van der Waals surface area contributed by atoms with Crippen molar-refractivity contribution in [1.29, 1.82) is 0 Å². The molecule has 0 amide bonds. The molecule has 2 fully saturated rings. The van der Waals surface area contributed by atoms with E-state index in [1.165, 1.54) is 0 Å². The van der Waals surface area contributed by atoms with E-state index in [0.29, 0.717) is 24.0 Å². The summed E-state index contributed by atoms with van der Waals surface area (Å²) in [6.07, 6.45) is 4.29. The molecule has 0 heterocycles. The van der Waals surface area contributed by atoms with Crippen molar-refractivity contribution in [3.8, 4) is 0 Å². The van der Waals surface area contributed by atoms with Gasteiger partial charge in [-0.2, -0.15) is 0 Å². The van der Waals surface area contributed by atoms with Gasteiger partial charge in [0.1, 0.15) is 11.7 Å². The Hall–Kier alpha value is -2.03. The first-order chi connectivity index (χ1) is 17.3. The number of methoxy groups -OCH3 is 1. The van der Waals surface area contributed by atoms with Crippen molar-refractivity contribution in [1.82, 2.24) is 0 Å². The molecule has 0 aromatic heterocycles. The molecule has 37 heavy (non-hydrogen) atoms. The standard InChI is InChI=1S/C29H42O8/c1-8-10-21(30)36-25-17(4)28(34)19(23-26(5,6)29(23,25)37-22(31)11-9-2)13-18(15-35-7)14-27(33)20(28)12-16(3)24(27)32/h12-13,17,19-20,23,25,33-34H,8-11,14-15H2,1-7H3/t17-,19+,20-,23?,25-,27-,28-,29-/m1/s1. The number of carbonyl (C=O) groups excluding carboxylic acids is 3. The first-order valence-electron chi connectivity index (χ1n) is 13.5. The molecule has 8 atom stereocenters. The number of esters is 2. The van der Waals surface area contributed by atoms with E-state index in [1.54, 1.807) is 27.0 Å². The van der Waals surface area contributed by atoms with Crippen LogP contribution in [0.1, 0.15) is 73.6 Å². The molecule has 0 aliphatic heterocycles. The summed E-state index contributed by atoms with van der Waals surface area (Å²) in [5.74, 6) is -3.87. The Labute approximate surface area is 219 Å². The van der Waals surface area contributed by atoms with Gasteiger partial charge >= 0.3 is 11.9 Å². The molecule has 8 heteroatoms. The number of Topliss-reactive ketones (excluding diaryl/α,β-unsaturated/α-hetero) is 1. The highest BCUT2D eigenvalue weighted by molar-refractivity contribution is 6.04.